The molecule has 5 nitrogen and oxygen atoms in total. The standard InChI is InChI=1S/C28H31ClF5NO4/c1-16(2)14-35-26(38)20-12-18(6-9-23(20)39-15-25(30)31)13-22(36)19-11-17(5-8-21(19)29)7-10-24(37)27(3,4)28(32,33)34/h5-6,8-9,11-12,16,25H,7,10,13-15H2,1-4H3,(H,35,38). The lowest BCUT2D eigenvalue weighted by molar-refractivity contribution is -0.210. The number of hydrogen-bond acceptors (Lipinski definition) is 4. The van der Waals surface area contributed by atoms with Gasteiger partial charge >= 0.3 is 6.18 Å². The molecule has 11 heteroatoms. The van der Waals surface area contributed by atoms with Crippen molar-refractivity contribution in [2.75, 3.05) is 13.2 Å². The van der Waals surface area contributed by atoms with Gasteiger partial charge in [0.25, 0.3) is 12.3 Å². The van der Waals surface area contributed by atoms with Gasteiger partial charge in [0.05, 0.1) is 10.6 Å². The van der Waals surface area contributed by atoms with Crippen molar-refractivity contribution in [1.82, 2.24) is 5.32 Å². The third kappa shape index (κ3) is 9.02. The van der Waals surface area contributed by atoms with Crippen molar-refractivity contribution < 1.29 is 41.1 Å². The zero-order valence-corrected chi connectivity index (χ0v) is 22.8. The molecule has 0 saturated carbocycles. The zero-order valence-electron chi connectivity index (χ0n) is 22.1. The van der Waals surface area contributed by atoms with Crippen molar-refractivity contribution in [2.45, 2.75) is 59.6 Å². The lowest BCUT2D eigenvalue weighted by Crippen LogP contribution is -2.39. The van der Waals surface area contributed by atoms with Crippen LogP contribution in [0.15, 0.2) is 36.4 Å². The molecule has 1 N–H and O–H groups in total. The van der Waals surface area contributed by atoms with Gasteiger partial charge in [-0.05, 0) is 61.6 Å². The number of ketones is 2. The highest BCUT2D eigenvalue weighted by Crippen LogP contribution is 2.39. The Morgan fingerprint density at radius 3 is 2.18 bits per heavy atom. The maximum absolute atomic E-state index is 13.2. The van der Waals surface area contributed by atoms with Crippen LogP contribution < -0.4 is 10.1 Å². The van der Waals surface area contributed by atoms with Crippen molar-refractivity contribution in [3.63, 3.8) is 0 Å². The van der Waals surface area contributed by atoms with Crippen molar-refractivity contribution in [2.24, 2.45) is 11.3 Å². The number of aryl methyl sites for hydroxylation is 1. The van der Waals surface area contributed by atoms with E-state index >= 15 is 0 Å². The van der Waals surface area contributed by atoms with Gasteiger partial charge < -0.3 is 10.1 Å². The summed E-state index contributed by atoms with van der Waals surface area (Å²) in [5.74, 6) is -1.89. The molecule has 0 unspecified atom stereocenters. The number of nitrogens with one attached hydrogen (secondary N) is 1. The molecule has 0 aliphatic heterocycles. The molecule has 0 atom stereocenters. The molecule has 1 amide bonds. The largest absolute Gasteiger partial charge is 0.487 e. The van der Waals surface area contributed by atoms with Gasteiger partial charge in [0.2, 0.25) is 0 Å². The highest BCUT2D eigenvalue weighted by atomic mass is 35.5. The summed E-state index contributed by atoms with van der Waals surface area (Å²) in [6.07, 6.45) is -8.04. The second kappa shape index (κ2) is 13.4. The fourth-order valence-corrected chi connectivity index (χ4v) is 3.71. The lowest BCUT2D eigenvalue weighted by Gasteiger charge is -2.26. The van der Waals surface area contributed by atoms with Crippen LogP contribution in [0, 0.1) is 11.3 Å². The molecule has 39 heavy (non-hydrogen) atoms. The molecule has 0 aliphatic carbocycles. The molecule has 0 radical (unpaired) electrons. The number of benzene rings is 2. The molecule has 214 valence electrons. The number of ether oxygens (including phenoxy) is 1. The highest BCUT2D eigenvalue weighted by Gasteiger charge is 2.51. The van der Waals surface area contributed by atoms with E-state index in [4.69, 9.17) is 16.3 Å². The van der Waals surface area contributed by atoms with Crippen LogP contribution in [0.2, 0.25) is 5.02 Å². The molecule has 0 saturated heterocycles. The first-order valence-corrected chi connectivity index (χ1v) is 12.6. The summed E-state index contributed by atoms with van der Waals surface area (Å²) in [5, 5.41) is 2.80. The van der Waals surface area contributed by atoms with E-state index in [2.05, 4.69) is 5.32 Å². The number of carbonyl (C=O) groups excluding carboxylic acids is 3. The van der Waals surface area contributed by atoms with Crippen LogP contribution in [-0.2, 0) is 17.6 Å². The monoisotopic (exact) mass is 575 g/mol. The number of alkyl halides is 5. The van der Waals surface area contributed by atoms with Gasteiger partial charge in [0, 0.05) is 24.9 Å². The molecule has 0 aromatic heterocycles. The number of amides is 1. The molecular formula is C28H31ClF5NO4. The van der Waals surface area contributed by atoms with Crippen LogP contribution in [0.5, 0.6) is 5.75 Å². The Kier molecular flexibility index (Phi) is 11.0. The third-order valence-corrected chi connectivity index (χ3v) is 6.40. The summed E-state index contributed by atoms with van der Waals surface area (Å²) >= 11 is 6.21. The molecule has 0 aliphatic rings. The van der Waals surface area contributed by atoms with Gasteiger partial charge in [-0.25, -0.2) is 8.78 Å². The summed E-state index contributed by atoms with van der Waals surface area (Å²) in [6, 6.07) is 8.56. The molecular weight excluding hydrogens is 545 g/mol. The maximum Gasteiger partial charge on any atom is 0.400 e. The Morgan fingerprint density at radius 1 is 0.974 bits per heavy atom. The smallest absolute Gasteiger partial charge is 0.400 e. The Morgan fingerprint density at radius 2 is 1.59 bits per heavy atom. The Balaban J connectivity index is 2.24. The first kappa shape index (κ1) is 32.2. The Labute approximate surface area is 229 Å². The molecule has 0 heterocycles. The average molecular weight is 576 g/mol. The second-order valence-electron chi connectivity index (χ2n) is 10.1. The molecule has 2 aromatic carbocycles. The number of halogens is 6. The molecule has 0 bridgehead atoms. The summed E-state index contributed by atoms with van der Waals surface area (Å²) in [7, 11) is 0. The quantitative estimate of drug-likeness (QED) is 0.209. The fraction of sp³-hybridized carbons (Fsp3) is 0.464. The molecule has 2 rings (SSSR count). The number of hydrogen-bond donors (Lipinski definition) is 1. The first-order valence-electron chi connectivity index (χ1n) is 12.3. The highest BCUT2D eigenvalue weighted by molar-refractivity contribution is 6.34. The third-order valence-electron chi connectivity index (χ3n) is 6.07. The van der Waals surface area contributed by atoms with Gasteiger partial charge in [-0.1, -0.05) is 37.6 Å². The van der Waals surface area contributed by atoms with E-state index in [-0.39, 0.29) is 47.1 Å². The van der Waals surface area contributed by atoms with E-state index in [0.29, 0.717) is 17.7 Å². The topological polar surface area (TPSA) is 72.5 Å². The van der Waals surface area contributed by atoms with E-state index in [1.165, 1.54) is 36.4 Å². The molecule has 2 aromatic rings. The number of Topliss-reactive ketones (excluding diaryl/α,β-unsaturated/α-hetero) is 2. The normalized spacial score (nSPS) is 12.1. The van der Waals surface area contributed by atoms with Crippen LogP contribution in [0.25, 0.3) is 0 Å². The van der Waals surface area contributed by atoms with Crippen molar-refractivity contribution in [3.05, 3.63) is 63.7 Å². The van der Waals surface area contributed by atoms with Gasteiger partial charge in [-0.2, -0.15) is 13.2 Å². The minimum absolute atomic E-state index is 0.00719. The molecule has 0 fully saturated rings. The van der Waals surface area contributed by atoms with E-state index < -0.39 is 42.1 Å². The summed E-state index contributed by atoms with van der Waals surface area (Å²) in [4.78, 5) is 38.0. The predicted molar refractivity (Wildman–Crippen MR) is 138 cm³/mol. The predicted octanol–water partition coefficient (Wildman–Crippen LogP) is 6.89. The van der Waals surface area contributed by atoms with Gasteiger partial charge in [-0.15, -0.1) is 0 Å². The SMILES string of the molecule is CC(C)CNC(=O)c1cc(CC(=O)c2cc(CCC(=O)C(C)(C)C(F)(F)F)ccc2Cl)ccc1OCC(F)F. The van der Waals surface area contributed by atoms with Gasteiger partial charge in [-0.3, -0.25) is 14.4 Å². The Bertz CT molecular complexity index is 1190. The van der Waals surface area contributed by atoms with Crippen LogP contribution in [0.3, 0.4) is 0 Å². The van der Waals surface area contributed by atoms with Crippen LogP contribution >= 0.6 is 11.6 Å². The number of rotatable bonds is 13. The zero-order chi connectivity index (χ0) is 29.5. The van der Waals surface area contributed by atoms with E-state index in [1.54, 1.807) is 0 Å². The maximum atomic E-state index is 13.2. The fourth-order valence-electron chi connectivity index (χ4n) is 3.49. The molecule has 0 spiro atoms. The van der Waals surface area contributed by atoms with E-state index in [9.17, 15) is 36.3 Å². The summed E-state index contributed by atoms with van der Waals surface area (Å²) in [5.41, 5.74) is -1.56. The van der Waals surface area contributed by atoms with Crippen LogP contribution in [-0.4, -0.2) is 43.2 Å². The first-order chi connectivity index (χ1) is 18.0. The van der Waals surface area contributed by atoms with Crippen LogP contribution in [0.1, 0.15) is 66.0 Å². The van der Waals surface area contributed by atoms with E-state index in [0.717, 1.165) is 13.8 Å². The lowest BCUT2D eigenvalue weighted by atomic mass is 9.84. The Hall–Kier alpha value is -3.01. The van der Waals surface area contributed by atoms with Gasteiger partial charge in [0.1, 0.15) is 23.6 Å². The van der Waals surface area contributed by atoms with Gasteiger partial charge in [0.15, 0.2) is 5.78 Å². The average Bonchev–Trinajstić information content (AvgIpc) is 2.84. The van der Waals surface area contributed by atoms with Crippen molar-refractivity contribution >= 4 is 29.1 Å². The summed E-state index contributed by atoms with van der Waals surface area (Å²) < 4.78 is 69.9. The summed E-state index contributed by atoms with van der Waals surface area (Å²) in [6.45, 7) is 4.85. The minimum atomic E-state index is -4.68. The van der Waals surface area contributed by atoms with Crippen molar-refractivity contribution in [3.8, 4) is 5.75 Å². The van der Waals surface area contributed by atoms with Crippen molar-refractivity contribution in [1.29, 1.82) is 0 Å². The minimum Gasteiger partial charge on any atom is -0.487 e. The second-order valence-corrected chi connectivity index (χ2v) is 10.5. The van der Waals surface area contributed by atoms with Crippen LogP contribution in [0.4, 0.5) is 22.0 Å². The van der Waals surface area contributed by atoms with E-state index in [1.807, 2.05) is 13.8 Å². The number of carbonyl (C=O) groups is 3.